The summed E-state index contributed by atoms with van der Waals surface area (Å²) in [6.45, 7) is 14.1. The fourth-order valence-corrected chi connectivity index (χ4v) is 6.98. The Morgan fingerprint density at radius 3 is 2.67 bits per heavy atom. The molecule has 3 aromatic heterocycles. The summed E-state index contributed by atoms with van der Waals surface area (Å²) < 4.78 is 13.6. The second-order valence-corrected chi connectivity index (χ2v) is 13.0. The first-order valence-corrected chi connectivity index (χ1v) is 17.0. The van der Waals surface area contributed by atoms with E-state index >= 15 is 0 Å². The van der Waals surface area contributed by atoms with Crippen molar-refractivity contribution in [3.05, 3.63) is 58.2 Å². The fraction of sp³-hybridized carbons (Fsp3) is 0.514. The van der Waals surface area contributed by atoms with Gasteiger partial charge in [-0.05, 0) is 61.4 Å². The lowest BCUT2D eigenvalue weighted by molar-refractivity contribution is -0.136. The minimum absolute atomic E-state index is 0.0714. The molecule has 10 heteroatoms. The fourth-order valence-electron chi connectivity index (χ4n) is 6.11. The lowest BCUT2D eigenvalue weighted by Gasteiger charge is -2.29. The number of carbonyl (C=O) groups excluding carboxylic acids is 1. The highest BCUT2D eigenvalue weighted by Crippen LogP contribution is 2.40. The highest BCUT2D eigenvalue weighted by Gasteiger charge is 2.28. The molecule has 45 heavy (non-hydrogen) atoms. The SMILES string of the molecule is CC.CCn1c(-c2cccnc2COC)c(CC(C)(C)COC)c2cc(-c3csc(CC(N)C(=O)N4CCCCN4)n3)ccc21. The Hall–Kier alpha value is -3.15. The van der Waals surface area contributed by atoms with Crippen molar-refractivity contribution in [1.29, 1.82) is 0 Å². The van der Waals surface area contributed by atoms with Gasteiger partial charge in [0.25, 0.3) is 5.91 Å². The first kappa shape index (κ1) is 34.7. The summed E-state index contributed by atoms with van der Waals surface area (Å²) in [6, 6.07) is 10.1. The molecule has 1 aromatic carbocycles. The summed E-state index contributed by atoms with van der Waals surface area (Å²) in [5, 5.41) is 5.79. The van der Waals surface area contributed by atoms with Gasteiger partial charge in [-0.1, -0.05) is 33.8 Å². The van der Waals surface area contributed by atoms with Gasteiger partial charge in [-0.2, -0.15) is 0 Å². The zero-order valence-electron chi connectivity index (χ0n) is 28.0. The number of nitrogens with two attached hydrogens (primary N) is 1. The number of amides is 1. The molecule has 5 rings (SSSR count). The number of nitrogens with zero attached hydrogens (tertiary/aromatic N) is 4. The predicted molar refractivity (Wildman–Crippen MR) is 184 cm³/mol. The largest absolute Gasteiger partial charge is 0.384 e. The van der Waals surface area contributed by atoms with Crippen LogP contribution in [0.5, 0.6) is 0 Å². The van der Waals surface area contributed by atoms with E-state index in [0.717, 1.165) is 59.9 Å². The highest BCUT2D eigenvalue weighted by atomic mass is 32.1. The number of nitrogens with one attached hydrogen (secondary N) is 1. The molecule has 1 aliphatic heterocycles. The summed E-state index contributed by atoms with van der Waals surface area (Å²) >= 11 is 1.55. The van der Waals surface area contributed by atoms with Crippen LogP contribution in [0.4, 0.5) is 0 Å². The standard InChI is InChI=1S/C33H44N6O3S.C2H6/c1-6-38-29-12-11-22(28-20-43-30(37-28)17-26(34)32(40)39-15-8-7-14-36-39)16-24(29)25(18-33(2,3)21-42-5)31(38)23-10-9-13-35-27(23)19-41-4;1-2/h9-13,16,20,26,36H,6-8,14-15,17-19,21,34H2,1-5H3;1-2H3. The number of benzene rings is 1. The molecular formula is C35H50N6O3S. The van der Waals surface area contributed by atoms with Crippen molar-refractivity contribution in [2.24, 2.45) is 11.1 Å². The molecule has 0 saturated carbocycles. The average Bonchev–Trinajstić information content (AvgIpc) is 3.64. The lowest BCUT2D eigenvalue weighted by atomic mass is 9.84. The van der Waals surface area contributed by atoms with Crippen LogP contribution in [0.15, 0.2) is 41.9 Å². The Morgan fingerprint density at radius 1 is 1.18 bits per heavy atom. The smallest absolute Gasteiger partial charge is 0.253 e. The topological polar surface area (TPSA) is 108 Å². The number of hydrogen-bond acceptors (Lipinski definition) is 8. The maximum atomic E-state index is 12.9. The summed E-state index contributed by atoms with van der Waals surface area (Å²) in [4.78, 5) is 22.5. The Morgan fingerprint density at radius 2 is 1.98 bits per heavy atom. The van der Waals surface area contributed by atoms with E-state index < -0.39 is 6.04 Å². The van der Waals surface area contributed by atoms with Crippen LogP contribution < -0.4 is 11.2 Å². The second-order valence-electron chi connectivity index (χ2n) is 12.1. The monoisotopic (exact) mass is 634 g/mol. The van der Waals surface area contributed by atoms with Crippen LogP contribution in [-0.2, 0) is 40.3 Å². The molecule has 1 atom stereocenters. The van der Waals surface area contributed by atoms with Gasteiger partial charge in [0.1, 0.15) is 0 Å². The van der Waals surface area contributed by atoms with Gasteiger partial charge in [0, 0.05) is 73.9 Å². The number of methoxy groups -OCH3 is 2. The number of thiazole rings is 1. The maximum absolute atomic E-state index is 12.9. The molecular weight excluding hydrogens is 584 g/mol. The van der Waals surface area contributed by atoms with Crippen molar-refractivity contribution in [1.82, 2.24) is 25.0 Å². The summed E-state index contributed by atoms with van der Waals surface area (Å²) in [5.74, 6) is -0.0714. The maximum Gasteiger partial charge on any atom is 0.253 e. The van der Waals surface area contributed by atoms with Crippen LogP contribution in [0.3, 0.4) is 0 Å². The lowest BCUT2D eigenvalue weighted by Crippen LogP contribution is -2.53. The van der Waals surface area contributed by atoms with E-state index in [1.807, 2.05) is 26.1 Å². The Kier molecular flexibility index (Phi) is 12.3. The molecule has 1 aliphatic rings. The summed E-state index contributed by atoms with van der Waals surface area (Å²) in [7, 11) is 3.47. The number of carbonyl (C=O) groups is 1. The molecule has 0 radical (unpaired) electrons. The number of rotatable bonds is 12. The van der Waals surface area contributed by atoms with Gasteiger partial charge in [-0.3, -0.25) is 14.8 Å². The van der Waals surface area contributed by atoms with Crippen LogP contribution in [-0.4, -0.2) is 65.4 Å². The third kappa shape index (κ3) is 7.99. The number of fused-ring (bicyclic) bond motifs is 1. The Labute approximate surface area is 272 Å². The van der Waals surface area contributed by atoms with Crippen molar-refractivity contribution in [3.63, 3.8) is 0 Å². The van der Waals surface area contributed by atoms with E-state index in [1.54, 1.807) is 30.6 Å². The van der Waals surface area contributed by atoms with Crippen LogP contribution in [0, 0.1) is 5.41 Å². The molecule has 9 nitrogen and oxygen atoms in total. The van der Waals surface area contributed by atoms with Crippen molar-refractivity contribution in [2.45, 2.75) is 79.5 Å². The van der Waals surface area contributed by atoms with Crippen molar-refractivity contribution >= 4 is 28.1 Å². The zero-order chi connectivity index (χ0) is 32.6. The van der Waals surface area contributed by atoms with Gasteiger partial charge in [0.2, 0.25) is 0 Å². The normalized spacial score (nSPS) is 14.4. The van der Waals surface area contributed by atoms with E-state index in [4.69, 9.17) is 20.2 Å². The zero-order valence-corrected chi connectivity index (χ0v) is 28.8. The molecule has 3 N–H and O–H groups in total. The molecule has 1 amide bonds. The minimum atomic E-state index is -0.622. The number of hydrazine groups is 1. The van der Waals surface area contributed by atoms with Crippen molar-refractivity contribution in [2.75, 3.05) is 33.9 Å². The van der Waals surface area contributed by atoms with Crippen LogP contribution >= 0.6 is 11.3 Å². The number of aromatic nitrogens is 3. The highest BCUT2D eigenvalue weighted by molar-refractivity contribution is 7.10. The molecule has 0 spiro atoms. The molecule has 4 heterocycles. The third-order valence-corrected chi connectivity index (χ3v) is 8.91. The molecule has 0 bridgehead atoms. The van der Waals surface area contributed by atoms with E-state index in [0.29, 0.717) is 26.2 Å². The third-order valence-electron chi connectivity index (χ3n) is 8.04. The average molecular weight is 635 g/mol. The number of pyridine rings is 1. The van der Waals surface area contributed by atoms with E-state index in [9.17, 15) is 4.79 Å². The van der Waals surface area contributed by atoms with Gasteiger partial charge < -0.3 is 19.8 Å². The molecule has 1 saturated heterocycles. The molecule has 1 fully saturated rings. The second kappa shape index (κ2) is 15.9. The van der Waals surface area contributed by atoms with Crippen molar-refractivity contribution < 1.29 is 14.3 Å². The van der Waals surface area contributed by atoms with Crippen LogP contribution in [0.25, 0.3) is 33.4 Å². The van der Waals surface area contributed by atoms with E-state index in [2.05, 4.69) is 65.4 Å². The quantitative estimate of drug-likeness (QED) is 0.190. The van der Waals surface area contributed by atoms with E-state index in [-0.39, 0.29) is 11.3 Å². The molecule has 1 unspecified atom stereocenters. The molecule has 4 aromatic rings. The van der Waals surface area contributed by atoms with Gasteiger partial charge in [-0.15, -0.1) is 11.3 Å². The predicted octanol–water partition coefficient (Wildman–Crippen LogP) is 6.23. The number of ether oxygens (including phenoxy) is 2. The Bertz CT molecular complexity index is 1560. The van der Waals surface area contributed by atoms with Gasteiger partial charge in [0.05, 0.1) is 41.3 Å². The summed E-state index contributed by atoms with van der Waals surface area (Å²) in [5.41, 5.74) is 17.0. The first-order valence-electron chi connectivity index (χ1n) is 16.1. The Balaban J connectivity index is 0.00000226. The van der Waals surface area contributed by atoms with Crippen LogP contribution in [0.2, 0.25) is 0 Å². The minimum Gasteiger partial charge on any atom is -0.384 e. The van der Waals surface area contributed by atoms with Gasteiger partial charge >= 0.3 is 0 Å². The van der Waals surface area contributed by atoms with Crippen LogP contribution in [0.1, 0.15) is 63.7 Å². The van der Waals surface area contributed by atoms with E-state index in [1.165, 1.54) is 22.2 Å². The summed E-state index contributed by atoms with van der Waals surface area (Å²) in [6.07, 6.45) is 5.14. The first-order chi connectivity index (χ1) is 21.8. The van der Waals surface area contributed by atoms with Gasteiger partial charge in [0.15, 0.2) is 0 Å². The van der Waals surface area contributed by atoms with Crippen molar-refractivity contribution in [3.8, 4) is 22.5 Å². The molecule has 0 aliphatic carbocycles. The van der Waals surface area contributed by atoms with Gasteiger partial charge in [-0.25, -0.2) is 10.4 Å². The number of aryl methyl sites for hydroxylation is 1. The number of hydrogen-bond donors (Lipinski definition) is 2. The molecule has 244 valence electrons.